The second-order valence-corrected chi connectivity index (χ2v) is 6.60. The van der Waals surface area contributed by atoms with Gasteiger partial charge in [0.25, 0.3) is 0 Å². The number of nitrogens with one attached hydrogen (secondary N) is 1. The molecule has 16 heavy (non-hydrogen) atoms. The summed E-state index contributed by atoms with van der Waals surface area (Å²) < 4.78 is 0. The molecule has 1 nitrogen and oxygen atoms in total. The van der Waals surface area contributed by atoms with Crippen LogP contribution in [0.5, 0.6) is 0 Å². The lowest BCUT2D eigenvalue weighted by atomic mass is 9.81. The predicted octanol–water partition coefficient (Wildman–Crippen LogP) is 4.16. The molecule has 0 saturated carbocycles. The van der Waals surface area contributed by atoms with E-state index in [2.05, 4.69) is 77.2 Å². The maximum absolute atomic E-state index is 3.71. The number of hydrogen-bond acceptors (Lipinski definition) is 1. The fraction of sp³-hybridized carbons (Fsp3) is 0.600. The predicted molar refractivity (Wildman–Crippen MR) is 71.5 cm³/mol. The lowest BCUT2D eigenvalue weighted by Gasteiger charge is -2.37. The summed E-state index contributed by atoms with van der Waals surface area (Å²) in [6.45, 7) is 13.5. The fourth-order valence-corrected chi connectivity index (χ4v) is 1.88. The molecule has 0 fully saturated rings. The Labute approximate surface area is 100 Å². The largest absolute Gasteiger partial charge is 0.305 e. The molecule has 1 rings (SSSR count). The highest BCUT2D eigenvalue weighted by molar-refractivity contribution is 5.21. The second kappa shape index (κ2) is 4.58. The summed E-state index contributed by atoms with van der Waals surface area (Å²) in [6.07, 6.45) is 0. The molecule has 0 bridgehead atoms. The summed E-state index contributed by atoms with van der Waals surface area (Å²) in [4.78, 5) is 0. The maximum Gasteiger partial charge on any atom is 0.0373 e. The lowest BCUT2D eigenvalue weighted by molar-refractivity contribution is 0.221. The molecule has 0 aliphatic rings. The third-order valence-corrected chi connectivity index (χ3v) is 2.58. The van der Waals surface area contributed by atoms with E-state index in [-0.39, 0.29) is 11.0 Å². The first-order valence-electron chi connectivity index (χ1n) is 6.03. The van der Waals surface area contributed by atoms with Gasteiger partial charge in [-0.2, -0.15) is 0 Å². The van der Waals surface area contributed by atoms with E-state index >= 15 is 0 Å². The molecule has 0 aliphatic carbocycles. The summed E-state index contributed by atoms with van der Waals surface area (Å²) in [7, 11) is 0. The molecular formula is C15H25N. The monoisotopic (exact) mass is 219 g/mol. The van der Waals surface area contributed by atoms with E-state index in [1.54, 1.807) is 0 Å². The smallest absolute Gasteiger partial charge is 0.0373 e. The Bertz CT molecular complexity index is 314. The summed E-state index contributed by atoms with van der Waals surface area (Å²) in [5.41, 5.74) is 1.72. The summed E-state index contributed by atoms with van der Waals surface area (Å²) in [6, 6.07) is 11.1. The van der Waals surface area contributed by atoms with Crippen LogP contribution < -0.4 is 5.32 Å². The SMILES string of the molecule is CC(C)(C)NC(c1ccccc1)C(C)(C)C. The first-order chi connectivity index (χ1) is 7.20. The van der Waals surface area contributed by atoms with Gasteiger partial charge in [-0.25, -0.2) is 0 Å². The van der Waals surface area contributed by atoms with Crippen LogP contribution in [-0.4, -0.2) is 5.54 Å². The standard InChI is InChI=1S/C15H25N/c1-14(2,3)13(16-15(4,5)6)12-10-8-7-9-11-12/h7-11,13,16H,1-6H3. The van der Waals surface area contributed by atoms with Crippen LogP contribution in [0.1, 0.15) is 53.1 Å². The lowest BCUT2D eigenvalue weighted by Crippen LogP contribution is -2.43. The van der Waals surface area contributed by atoms with Crippen molar-refractivity contribution in [1.29, 1.82) is 0 Å². The number of benzene rings is 1. The minimum Gasteiger partial charge on any atom is -0.305 e. The van der Waals surface area contributed by atoms with Crippen molar-refractivity contribution in [2.45, 2.75) is 53.1 Å². The molecule has 0 radical (unpaired) electrons. The third kappa shape index (κ3) is 3.97. The minimum absolute atomic E-state index is 0.133. The van der Waals surface area contributed by atoms with Gasteiger partial charge in [-0.1, -0.05) is 51.1 Å². The van der Waals surface area contributed by atoms with Crippen LogP contribution in [0.2, 0.25) is 0 Å². The van der Waals surface area contributed by atoms with Gasteiger partial charge in [0, 0.05) is 11.6 Å². The van der Waals surface area contributed by atoms with Crippen LogP contribution in [0.25, 0.3) is 0 Å². The molecule has 1 unspecified atom stereocenters. The minimum atomic E-state index is 0.133. The van der Waals surface area contributed by atoms with E-state index < -0.39 is 0 Å². The Kier molecular flexibility index (Phi) is 3.80. The zero-order chi connectivity index (χ0) is 12.4. The quantitative estimate of drug-likeness (QED) is 0.787. The normalized spacial score (nSPS) is 14.9. The molecule has 90 valence electrons. The molecule has 1 atom stereocenters. The van der Waals surface area contributed by atoms with Crippen LogP contribution in [-0.2, 0) is 0 Å². The fourth-order valence-electron chi connectivity index (χ4n) is 1.88. The molecule has 1 aromatic carbocycles. The Hall–Kier alpha value is -0.820. The van der Waals surface area contributed by atoms with Crippen LogP contribution in [0.15, 0.2) is 30.3 Å². The van der Waals surface area contributed by atoms with Crippen molar-refractivity contribution in [3.8, 4) is 0 Å². The Morgan fingerprint density at radius 2 is 1.38 bits per heavy atom. The van der Waals surface area contributed by atoms with Crippen LogP contribution in [0, 0.1) is 5.41 Å². The highest BCUT2D eigenvalue weighted by Crippen LogP contribution is 2.34. The molecule has 1 heteroatoms. The molecule has 0 heterocycles. The highest BCUT2D eigenvalue weighted by atomic mass is 15.0. The molecular weight excluding hydrogens is 194 g/mol. The maximum atomic E-state index is 3.71. The Balaban J connectivity index is 2.98. The molecule has 0 spiro atoms. The van der Waals surface area contributed by atoms with Gasteiger partial charge in [0.15, 0.2) is 0 Å². The Morgan fingerprint density at radius 3 is 1.75 bits per heavy atom. The zero-order valence-corrected chi connectivity index (χ0v) is 11.5. The van der Waals surface area contributed by atoms with Gasteiger partial charge in [0.2, 0.25) is 0 Å². The Morgan fingerprint density at radius 1 is 0.875 bits per heavy atom. The van der Waals surface area contributed by atoms with Crippen LogP contribution in [0.3, 0.4) is 0 Å². The van der Waals surface area contributed by atoms with E-state index in [0.717, 1.165) is 0 Å². The van der Waals surface area contributed by atoms with Crippen LogP contribution in [0.4, 0.5) is 0 Å². The zero-order valence-electron chi connectivity index (χ0n) is 11.5. The van der Waals surface area contributed by atoms with Crippen molar-refractivity contribution in [2.75, 3.05) is 0 Å². The third-order valence-electron chi connectivity index (χ3n) is 2.58. The topological polar surface area (TPSA) is 12.0 Å². The summed E-state index contributed by atoms with van der Waals surface area (Å²) in [5, 5.41) is 3.71. The van der Waals surface area contributed by atoms with Gasteiger partial charge in [0.05, 0.1) is 0 Å². The molecule has 0 aliphatic heterocycles. The van der Waals surface area contributed by atoms with Crippen molar-refractivity contribution >= 4 is 0 Å². The van der Waals surface area contributed by atoms with Crippen molar-refractivity contribution in [3.05, 3.63) is 35.9 Å². The van der Waals surface area contributed by atoms with Gasteiger partial charge in [0.1, 0.15) is 0 Å². The molecule has 1 N–H and O–H groups in total. The molecule has 0 aromatic heterocycles. The van der Waals surface area contributed by atoms with Gasteiger partial charge in [-0.15, -0.1) is 0 Å². The van der Waals surface area contributed by atoms with Crippen molar-refractivity contribution in [2.24, 2.45) is 5.41 Å². The van der Waals surface area contributed by atoms with Crippen molar-refractivity contribution in [3.63, 3.8) is 0 Å². The average molecular weight is 219 g/mol. The molecule has 0 saturated heterocycles. The van der Waals surface area contributed by atoms with E-state index in [0.29, 0.717) is 6.04 Å². The average Bonchev–Trinajstić information content (AvgIpc) is 2.13. The summed E-state index contributed by atoms with van der Waals surface area (Å²) >= 11 is 0. The first kappa shape index (κ1) is 13.2. The number of hydrogen-bond donors (Lipinski definition) is 1. The number of rotatable bonds is 2. The van der Waals surface area contributed by atoms with E-state index in [4.69, 9.17) is 0 Å². The first-order valence-corrected chi connectivity index (χ1v) is 6.03. The summed E-state index contributed by atoms with van der Waals surface area (Å²) in [5.74, 6) is 0. The highest BCUT2D eigenvalue weighted by Gasteiger charge is 2.29. The van der Waals surface area contributed by atoms with E-state index in [1.165, 1.54) is 5.56 Å². The second-order valence-electron chi connectivity index (χ2n) is 6.60. The van der Waals surface area contributed by atoms with Crippen LogP contribution >= 0.6 is 0 Å². The molecule has 1 aromatic rings. The van der Waals surface area contributed by atoms with E-state index in [9.17, 15) is 0 Å². The van der Waals surface area contributed by atoms with Crippen molar-refractivity contribution in [1.82, 2.24) is 5.32 Å². The van der Waals surface area contributed by atoms with Gasteiger partial charge >= 0.3 is 0 Å². The van der Waals surface area contributed by atoms with Gasteiger partial charge < -0.3 is 5.32 Å². The van der Waals surface area contributed by atoms with E-state index in [1.807, 2.05) is 0 Å². The van der Waals surface area contributed by atoms with Gasteiger partial charge in [-0.05, 0) is 31.7 Å². The van der Waals surface area contributed by atoms with Gasteiger partial charge in [-0.3, -0.25) is 0 Å². The molecule has 0 amide bonds. The van der Waals surface area contributed by atoms with Crippen molar-refractivity contribution < 1.29 is 0 Å².